The van der Waals surface area contributed by atoms with Crippen LogP contribution >= 0.6 is 22.7 Å². The summed E-state index contributed by atoms with van der Waals surface area (Å²) in [4.78, 5) is 3.81. The molecule has 1 aromatic carbocycles. The van der Waals surface area contributed by atoms with Crippen LogP contribution in [0.15, 0.2) is 58.6 Å². The number of nitrogens with two attached hydrogens (primary N) is 1. The Hall–Kier alpha value is -1.86. The van der Waals surface area contributed by atoms with E-state index in [1.807, 2.05) is 24.3 Å². The number of rotatable bonds is 9. The molecule has 4 nitrogen and oxygen atoms in total. The lowest BCUT2D eigenvalue weighted by Crippen LogP contribution is -2.38. The van der Waals surface area contributed by atoms with Crippen molar-refractivity contribution in [2.75, 3.05) is 32.0 Å². The Morgan fingerprint density at radius 2 is 1.93 bits per heavy atom. The first-order chi connectivity index (χ1) is 14.3. The number of nitrogen functional groups attached to an aromatic ring is 1. The zero-order valence-corrected chi connectivity index (χ0v) is 18.2. The highest BCUT2D eigenvalue weighted by Gasteiger charge is 2.25. The van der Waals surface area contributed by atoms with Gasteiger partial charge in [-0.1, -0.05) is 18.2 Å². The van der Waals surface area contributed by atoms with Crippen molar-refractivity contribution < 1.29 is 9.47 Å². The summed E-state index contributed by atoms with van der Waals surface area (Å²) in [5.74, 6) is 0.785. The van der Waals surface area contributed by atoms with Crippen LogP contribution < -0.4 is 10.5 Å². The largest absolute Gasteiger partial charge is 0.491 e. The van der Waals surface area contributed by atoms with Crippen LogP contribution in [-0.4, -0.2) is 37.2 Å². The molecule has 154 valence electrons. The Kier molecular flexibility index (Phi) is 7.22. The van der Waals surface area contributed by atoms with Gasteiger partial charge in [0.15, 0.2) is 0 Å². The van der Waals surface area contributed by atoms with Gasteiger partial charge in [0.05, 0.1) is 18.4 Å². The van der Waals surface area contributed by atoms with Crippen molar-refractivity contribution in [1.29, 1.82) is 0 Å². The molecule has 29 heavy (non-hydrogen) atoms. The lowest BCUT2D eigenvalue weighted by atomic mass is 10.1. The lowest BCUT2D eigenvalue weighted by molar-refractivity contribution is -0.0258. The summed E-state index contributed by atoms with van der Waals surface area (Å²) in [6.07, 6.45) is 3.56. The van der Waals surface area contributed by atoms with E-state index in [0.29, 0.717) is 18.4 Å². The third-order valence-electron chi connectivity index (χ3n) is 5.31. The molecule has 3 heterocycles. The first-order valence-corrected chi connectivity index (χ1v) is 12.0. The number of likely N-dealkylation sites (tertiary alicyclic amines) is 1. The van der Waals surface area contributed by atoms with Gasteiger partial charge in [-0.3, -0.25) is 0 Å². The number of para-hydroxylation sites is 2. The molecular formula is C23H28N2O2S2. The van der Waals surface area contributed by atoms with E-state index in [0.717, 1.165) is 44.6 Å². The van der Waals surface area contributed by atoms with Crippen molar-refractivity contribution in [3.8, 4) is 5.75 Å². The highest BCUT2D eigenvalue weighted by molar-refractivity contribution is 7.10. The van der Waals surface area contributed by atoms with Gasteiger partial charge in [-0.2, -0.15) is 11.3 Å². The summed E-state index contributed by atoms with van der Waals surface area (Å²) in [6, 6.07) is 14.2. The summed E-state index contributed by atoms with van der Waals surface area (Å²) in [6.45, 7) is 3.92. The van der Waals surface area contributed by atoms with Crippen LogP contribution in [0, 0.1) is 0 Å². The van der Waals surface area contributed by atoms with Crippen molar-refractivity contribution in [2.45, 2.75) is 31.5 Å². The predicted octanol–water partition coefficient (Wildman–Crippen LogP) is 5.43. The average Bonchev–Trinajstić information content (AvgIpc) is 3.46. The third-order valence-corrected chi connectivity index (χ3v) is 6.92. The first-order valence-electron chi connectivity index (χ1n) is 10.2. The van der Waals surface area contributed by atoms with Gasteiger partial charge < -0.3 is 20.1 Å². The summed E-state index contributed by atoms with van der Waals surface area (Å²) >= 11 is 3.51. The number of hydrogen-bond acceptors (Lipinski definition) is 6. The van der Waals surface area contributed by atoms with Crippen LogP contribution in [0.5, 0.6) is 5.75 Å². The van der Waals surface area contributed by atoms with E-state index < -0.39 is 0 Å². The monoisotopic (exact) mass is 428 g/mol. The van der Waals surface area contributed by atoms with E-state index in [4.69, 9.17) is 15.2 Å². The van der Waals surface area contributed by atoms with Gasteiger partial charge in [0.1, 0.15) is 11.9 Å². The maximum atomic E-state index is 6.58. The maximum Gasteiger partial charge on any atom is 0.142 e. The van der Waals surface area contributed by atoms with Crippen molar-refractivity contribution in [1.82, 2.24) is 4.90 Å². The molecule has 4 rings (SSSR count). The number of benzene rings is 1. The fourth-order valence-corrected chi connectivity index (χ4v) is 5.18. The minimum atomic E-state index is 0.0718. The molecule has 3 aromatic rings. The zero-order valence-electron chi connectivity index (χ0n) is 16.5. The summed E-state index contributed by atoms with van der Waals surface area (Å²) < 4.78 is 12.4. The second kappa shape index (κ2) is 10.3. The van der Waals surface area contributed by atoms with Crippen molar-refractivity contribution in [3.05, 3.63) is 69.0 Å². The summed E-state index contributed by atoms with van der Waals surface area (Å²) in [5, 5.41) is 6.47. The van der Waals surface area contributed by atoms with Gasteiger partial charge in [0.25, 0.3) is 0 Å². The van der Waals surface area contributed by atoms with Crippen molar-refractivity contribution in [2.24, 2.45) is 0 Å². The third kappa shape index (κ3) is 5.60. The van der Waals surface area contributed by atoms with E-state index in [-0.39, 0.29) is 6.10 Å². The SMILES string of the molecule is Nc1ccccc1OCCCN1CCC(OC(c2ccsc2)c2cccs2)CC1. The van der Waals surface area contributed by atoms with Crippen LogP contribution in [0.3, 0.4) is 0 Å². The molecule has 0 bridgehead atoms. The molecule has 1 aliphatic rings. The average molecular weight is 429 g/mol. The van der Waals surface area contributed by atoms with Gasteiger partial charge in [-0.15, -0.1) is 11.3 Å². The molecule has 0 aliphatic carbocycles. The highest BCUT2D eigenvalue weighted by Crippen LogP contribution is 2.33. The smallest absolute Gasteiger partial charge is 0.142 e. The number of piperidine rings is 1. The van der Waals surface area contributed by atoms with Gasteiger partial charge >= 0.3 is 0 Å². The molecule has 0 saturated carbocycles. The molecule has 0 spiro atoms. The molecule has 1 atom stereocenters. The molecule has 0 radical (unpaired) electrons. The topological polar surface area (TPSA) is 47.7 Å². The van der Waals surface area contributed by atoms with Crippen LogP contribution in [0.4, 0.5) is 5.69 Å². The molecule has 6 heteroatoms. The fraction of sp³-hybridized carbons (Fsp3) is 0.391. The summed E-state index contributed by atoms with van der Waals surface area (Å²) in [5.41, 5.74) is 7.90. The molecule has 2 aromatic heterocycles. The first kappa shape index (κ1) is 20.4. The molecule has 1 aliphatic heterocycles. The lowest BCUT2D eigenvalue weighted by Gasteiger charge is -2.33. The van der Waals surface area contributed by atoms with Crippen molar-refractivity contribution >= 4 is 28.4 Å². The van der Waals surface area contributed by atoms with Crippen LogP contribution in [0.1, 0.15) is 35.8 Å². The second-order valence-electron chi connectivity index (χ2n) is 7.37. The van der Waals surface area contributed by atoms with E-state index in [1.165, 1.54) is 10.4 Å². The molecule has 0 amide bonds. The number of nitrogens with zero attached hydrogens (tertiary/aromatic N) is 1. The number of ether oxygens (including phenoxy) is 2. The van der Waals surface area contributed by atoms with Gasteiger partial charge in [0, 0.05) is 24.5 Å². The predicted molar refractivity (Wildman–Crippen MR) is 122 cm³/mol. The molecular weight excluding hydrogens is 400 g/mol. The standard InChI is InChI=1S/C23H28N2O2S2/c24-20-5-1-2-6-21(20)26-14-4-11-25-12-8-19(9-13-25)27-23(18-10-16-28-17-18)22-7-3-15-29-22/h1-3,5-7,10,15-17,19,23H,4,8-9,11-14,24H2. The number of anilines is 1. The van der Waals surface area contributed by atoms with Crippen LogP contribution in [0.25, 0.3) is 0 Å². The second-order valence-corrected chi connectivity index (χ2v) is 9.13. The Bertz CT molecular complexity index is 809. The summed E-state index contributed by atoms with van der Waals surface area (Å²) in [7, 11) is 0. The van der Waals surface area contributed by atoms with E-state index in [2.05, 4.69) is 39.2 Å². The Morgan fingerprint density at radius 3 is 2.66 bits per heavy atom. The molecule has 1 fully saturated rings. The minimum absolute atomic E-state index is 0.0718. The number of thiophene rings is 2. The molecule has 2 N–H and O–H groups in total. The normalized spacial score (nSPS) is 16.7. The quantitative estimate of drug-likeness (QED) is 0.365. The molecule has 1 unspecified atom stereocenters. The van der Waals surface area contributed by atoms with Crippen LogP contribution in [-0.2, 0) is 4.74 Å². The van der Waals surface area contributed by atoms with Crippen LogP contribution in [0.2, 0.25) is 0 Å². The van der Waals surface area contributed by atoms with E-state index >= 15 is 0 Å². The zero-order chi connectivity index (χ0) is 19.9. The highest BCUT2D eigenvalue weighted by atomic mass is 32.1. The minimum Gasteiger partial charge on any atom is -0.491 e. The van der Waals surface area contributed by atoms with E-state index in [9.17, 15) is 0 Å². The fourth-order valence-electron chi connectivity index (χ4n) is 3.72. The Labute approximate surface area is 180 Å². The number of hydrogen-bond donors (Lipinski definition) is 1. The van der Waals surface area contributed by atoms with Gasteiger partial charge in [0.2, 0.25) is 0 Å². The Morgan fingerprint density at radius 1 is 1.07 bits per heavy atom. The van der Waals surface area contributed by atoms with E-state index in [1.54, 1.807) is 22.7 Å². The molecule has 1 saturated heterocycles. The van der Waals surface area contributed by atoms with Gasteiger partial charge in [-0.25, -0.2) is 0 Å². The maximum absolute atomic E-state index is 6.58. The Balaban J connectivity index is 1.20. The van der Waals surface area contributed by atoms with Gasteiger partial charge in [-0.05, 0) is 65.2 Å². The van der Waals surface area contributed by atoms with Crippen molar-refractivity contribution in [3.63, 3.8) is 0 Å².